The van der Waals surface area contributed by atoms with Gasteiger partial charge in [0.15, 0.2) is 11.6 Å². The van der Waals surface area contributed by atoms with Gasteiger partial charge in [0.2, 0.25) is 0 Å². The molecule has 1 unspecified atom stereocenters. The van der Waals surface area contributed by atoms with E-state index in [1.165, 1.54) is 6.07 Å². The highest BCUT2D eigenvalue weighted by molar-refractivity contribution is 5.24. The van der Waals surface area contributed by atoms with E-state index in [0.717, 1.165) is 19.2 Å². The molecule has 1 saturated heterocycles. The topological polar surface area (TPSA) is 38.5 Å². The fourth-order valence-corrected chi connectivity index (χ4v) is 2.45. The maximum atomic E-state index is 13.3. The molecule has 0 amide bonds. The third kappa shape index (κ3) is 2.94. The maximum Gasteiger partial charge on any atom is 0.159 e. The molecule has 0 aliphatic carbocycles. The van der Waals surface area contributed by atoms with E-state index in [-0.39, 0.29) is 11.6 Å². The van der Waals surface area contributed by atoms with E-state index in [4.69, 9.17) is 10.5 Å². The molecule has 106 valence electrons. The molecular weight excluding hydrogens is 250 g/mol. The Hall–Kier alpha value is -1.04. The van der Waals surface area contributed by atoms with Crippen LogP contribution in [0.1, 0.15) is 25.5 Å². The minimum Gasteiger partial charge on any atom is -0.379 e. The van der Waals surface area contributed by atoms with Gasteiger partial charge in [0.25, 0.3) is 0 Å². The summed E-state index contributed by atoms with van der Waals surface area (Å²) in [6.45, 7) is 6.98. The lowest BCUT2D eigenvalue weighted by molar-refractivity contribution is -0.0191. The van der Waals surface area contributed by atoms with E-state index in [0.29, 0.717) is 18.8 Å². The number of benzene rings is 1. The second-order valence-corrected chi connectivity index (χ2v) is 5.40. The van der Waals surface area contributed by atoms with Crippen LogP contribution in [0.5, 0.6) is 0 Å². The summed E-state index contributed by atoms with van der Waals surface area (Å²) in [6, 6.07) is 3.47. The summed E-state index contributed by atoms with van der Waals surface area (Å²) < 4.78 is 31.6. The van der Waals surface area contributed by atoms with Gasteiger partial charge in [-0.15, -0.1) is 0 Å². The second-order valence-electron chi connectivity index (χ2n) is 5.40. The van der Waals surface area contributed by atoms with Gasteiger partial charge in [-0.3, -0.25) is 4.90 Å². The molecule has 1 aromatic rings. The molecule has 1 atom stereocenters. The predicted molar refractivity (Wildman–Crippen MR) is 69.8 cm³/mol. The number of ether oxygens (including phenoxy) is 1. The number of morpholine rings is 1. The van der Waals surface area contributed by atoms with Crippen LogP contribution in [0.25, 0.3) is 0 Å². The van der Waals surface area contributed by atoms with Crippen molar-refractivity contribution in [2.45, 2.75) is 25.4 Å². The first kappa shape index (κ1) is 14.4. The number of rotatable bonds is 3. The molecule has 0 radical (unpaired) electrons. The van der Waals surface area contributed by atoms with Crippen molar-refractivity contribution in [1.29, 1.82) is 0 Å². The molecule has 2 rings (SSSR count). The Labute approximate surface area is 112 Å². The molecule has 1 heterocycles. The Morgan fingerprint density at radius 3 is 2.42 bits per heavy atom. The van der Waals surface area contributed by atoms with Crippen molar-refractivity contribution in [2.75, 3.05) is 26.3 Å². The van der Waals surface area contributed by atoms with Gasteiger partial charge in [0.1, 0.15) is 0 Å². The Morgan fingerprint density at radius 2 is 1.84 bits per heavy atom. The van der Waals surface area contributed by atoms with Crippen LogP contribution in [0.15, 0.2) is 18.2 Å². The van der Waals surface area contributed by atoms with Crippen molar-refractivity contribution in [3.63, 3.8) is 0 Å². The molecule has 1 aromatic carbocycles. The van der Waals surface area contributed by atoms with Gasteiger partial charge < -0.3 is 10.5 Å². The SMILES string of the molecule is CC(C)(C(N)c1ccc(F)c(F)c1)N1CCOCC1. The smallest absolute Gasteiger partial charge is 0.159 e. The van der Waals surface area contributed by atoms with Crippen molar-refractivity contribution in [3.8, 4) is 0 Å². The van der Waals surface area contributed by atoms with E-state index in [1.54, 1.807) is 6.07 Å². The molecule has 0 aromatic heterocycles. The number of nitrogens with zero attached hydrogens (tertiary/aromatic N) is 1. The summed E-state index contributed by atoms with van der Waals surface area (Å²) in [5, 5.41) is 0. The zero-order chi connectivity index (χ0) is 14.0. The van der Waals surface area contributed by atoms with Crippen LogP contribution < -0.4 is 5.73 Å². The van der Waals surface area contributed by atoms with Crippen molar-refractivity contribution in [3.05, 3.63) is 35.4 Å². The van der Waals surface area contributed by atoms with E-state index in [2.05, 4.69) is 4.90 Å². The third-order valence-corrected chi connectivity index (χ3v) is 3.89. The van der Waals surface area contributed by atoms with Gasteiger partial charge in [0.05, 0.1) is 13.2 Å². The zero-order valence-corrected chi connectivity index (χ0v) is 11.3. The molecule has 3 nitrogen and oxygen atoms in total. The molecule has 19 heavy (non-hydrogen) atoms. The van der Waals surface area contributed by atoms with Gasteiger partial charge in [-0.05, 0) is 31.5 Å². The van der Waals surface area contributed by atoms with Crippen LogP contribution >= 0.6 is 0 Å². The standard InChI is InChI=1S/C14H20F2N2O/c1-14(2,18-5-7-19-8-6-18)13(17)10-3-4-11(15)12(16)9-10/h3-4,9,13H,5-8,17H2,1-2H3. The first-order valence-electron chi connectivity index (χ1n) is 6.46. The van der Waals surface area contributed by atoms with Crippen molar-refractivity contribution in [2.24, 2.45) is 5.73 Å². The van der Waals surface area contributed by atoms with Crippen LogP contribution in [0.4, 0.5) is 8.78 Å². The highest BCUT2D eigenvalue weighted by Gasteiger charge is 2.35. The highest BCUT2D eigenvalue weighted by Crippen LogP contribution is 2.30. The largest absolute Gasteiger partial charge is 0.379 e. The molecule has 1 aliphatic rings. The number of hydrogen-bond donors (Lipinski definition) is 1. The van der Waals surface area contributed by atoms with Crippen LogP contribution in [0.3, 0.4) is 0 Å². The second kappa shape index (κ2) is 5.53. The summed E-state index contributed by atoms with van der Waals surface area (Å²) in [5.74, 6) is -1.70. The summed E-state index contributed by atoms with van der Waals surface area (Å²) in [7, 11) is 0. The van der Waals surface area contributed by atoms with Crippen molar-refractivity contribution >= 4 is 0 Å². The summed E-state index contributed by atoms with van der Waals surface area (Å²) in [5.41, 5.74) is 6.52. The van der Waals surface area contributed by atoms with Gasteiger partial charge >= 0.3 is 0 Å². The number of hydrogen-bond acceptors (Lipinski definition) is 3. The van der Waals surface area contributed by atoms with E-state index in [9.17, 15) is 8.78 Å². The molecule has 2 N–H and O–H groups in total. The Morgan fingerprint density at radius 1 is 1.21 bits per heavy atom. The quantitative estimate of drug-likeness (QED) is 0.914. The van der Waals surface area contributed by atoms with E-state index >= 15 is 0 Å². The van der Waals surface area contributed by atoms with Gasteiger partial charge in [-0.1, -0.05) is 6.07 Å². The maximum absolute atomic E-state index is 13.3. The average molecular weight is 270 g/mol. The van der Waals surface area contributed by atoms with Crippen LogP contribution in [0.2, 0.25) is 0 Å². The number of nitrogens with two attached hydrogens (primary N) is 1. The minimum atomic E-state index is -0.856. The lowest BCUT2D eigenvalue weighted by atomic mass is 9.87. The minimum absolute atomic E-state index is 0.339. The summed E-state index contributed by atoms with van der Waals surface area (Å²) >= 11 is 0. The Balaban J connectivity index is 2.20. The first-order valence-corrected chi connectivity index (χ1v) is 6.46. The molecule has 5 heteroatoms. The Bertz CT molecular complexity index is 445. The van der Waals surface area contributed by atoms with Crippen LogP contribution in [-0.2, 0) is 4.74 Å². The first-order chi connectivity index (χ1) is 8.93. The lowest BCUT2D eigenvalue weighted by Crippen LogP contribution is -2.55. The molecule has 1 fully saturated rings. The van der Waals surface area contributed by atoms with E-state index in [1.807, 2.05) is 13.8 Å². The van der Waals surface area contributed by atoms with E-state index < -0.39 is 11.6 Å². The molecule has 0 bridgehead atoms. The zero-order valence-electron chi connectivity index (χ0n) is 11.3. The molecule has 0 saturated carbocycles. The van der Waals surface area contributed by atoms with Gasteiger partial charge in [-0.2, -0.15) is 0 Å². The molecule has 1 aliphatic heterocycles. The number of halogens is 2. The van der Waals surface area contributed by atoms with Gasteiger partial charge in [0, 0.05) is 24.7 Å². The van der Waals surface area contributed by atoms with Crippen LogP contribution in [0, 0.1) is 11.6 Å². The third-order valence-electron chi connectivity index (χ3n) is 3.89. The molecular formula is C14H20F2N2O. The summed E-state index contributed by atoms with van der Waals surface area (Å²) in [6.07, 6.45) is 0. The summed E-state index contributed by atoms with van der Waals surface area (Å²) in [4.78, 5) is 2.22. The fraction of sp³-hybridized carbons (Fsp3) is 0.571. The monoisotopic (exact) mass is 270 g/mol. The highest BCUT2D eigenvalue weighted by atomic mass is 19.2. The molecule has 0 spiro atoms. The predicted octanol–water partition coefficient (Wildman–Crippen LogP) is 2.08. The lowest BCUT2D eigenvalue weighted by Gasteiger charge is -2.44. The van der Waals surface area contributed by atoms with Crippen LogP contribution in [-0.4, -0.2) is 36.7 Å². The Kier molecular flexibility index (Phi) is 4.18. The normalized spacial score (nSPS) is 19.4. The fourth-order valence-electron chi connectivity index (χ4n) is 2.45. The van der Waals surface area contributed by atoms with Crippen molar-refractivity contribution < 1.29 is 13.5 Å². The van der Waals surface area contributed by atoms with Crippen molar-refractivity contribution in [1.82, 2.24) is 4.90 Å². The average Bonchev–Trinajstić information content (AvgIpc) is 2.42. The van der Waals surface area contributed by atoms with Gasteiger partial charge in [-0.25, -0.2) is 8.78 Å².